The minimum Gasteiger partial charge on any atom is -0.493 e. The first kappa shape index (κ1) is 13.3. The monoisotopic (exact) mass is 276 g/mol. The first-order valence-corrected chi connectivity index (χ1v) is 7.14. The van der Waals surface area contributed by atoms with Crippen molar-refractivity contribution >= 4 is 5.97 Å². The molecule has 2 saturated carbocycles. The lowest BCUT2D eigenvalue weighted by atomic mass is 9.98. The fraction of sp³-hybridized carbons (Fsp3) is 0.562. The van der Waals surface area contributed by atoms with Crippen molar-refractivity contribution in [1.82, 2.24) is 0 Å². The van der Waals surface area contributed by atoms with E-state index in [-0.39, 0.29) is 5.97 Å². The van der Waals surface area contributed by atoms with Gasteiger partial charge in [0.05, 0.1) is 19.8 Å². The normalized spacial score (nSPS) is 27.4. The molecule has 3 unspecified atom stereocenters. The number of hydrogen-bond donors (Lipinski definition) is 0. The summed E-state index contributed by atoms with van der Waals surface area (Å²) in [6.07, 6.45) is 5.37. The summed E-state index contributed by atoms with van der Waals surface area (Å²) in [4.78, 5) is 11.5. The molecular weight excluding hydrogens is 256 g/mol. The van der Waals surface area contributed by atoms with Crippen molar-refractivity contribution in [2.45, 2.75) is 31.8 Å². The maximum Gasteiger partial charge on any atom is 0.337 e. The highest BCUT2D eigenvalue weighted by Gasteiger charge is 2.41. The third-order valence-corrected chi connectivity index (χ3v) is 4.54. The number of ether oxygens (including phenoxy) is 3. The van der Waals surface area contributed by atoms with Crippen LogP contribution in [0.1, 0.15) is 36.0 Å². The summed E-state index contributed by atoms with van der Waals surface area (Å²) in [5.74, 6) is 2.47. The zero-order chi connectivity index (χ0) is 14.1. The molecule has 108 valence electrons. The summed E-state index contributed by atoms with van der Waals surface area (Å²) >= 11 is 0. The number of carbonyl (C=O) groups excluding carboxylic acids is 1. The maximum atomic E-state index is 11.5. The van der Waals surface area contributed by atoms with Gasteiger partial charge in [0.15, 0.2) is 11.5 Å². The quantitative estimate of drug-likeness (QED) is 0.793. The number of benzene rings is 1. The Balaban J connectivity index is 1.77. The van der Waals surface area contributed by atoms with E-state index >= 15 is 0 Å². The topological polar surface area (TPSA) is 44.8 Å². The van der Waals surface area contributed by atoms with Crippen LogP contribution in [0.5, 0.6) is 11.5 Å². The molecular formula is C16H20O4. The molecule has 0 N–H and O–H groups in total. The Kier molecular flexibility index (Phi) is 3.55. The van der Waals surface area contributed by atoms with Gasteiger partial charge < -0.3 is 14.2 Å². The second kappa shape index (κ2) is 5.35. The van der Waals surface area contributed by atoms with E-state index in [1.54, 1.807) is 25.3 Å². The van der Waals surface area contributed by atoms with E-state index in [4.69, 9.17) is 14.2 Å². The summed E-state index contributed by atoms with van der Waals surface area (Å²) in [6, 6.07) is 5.20. The molecule has 1 aromatic carbocycles. The molecule has 0 amide bonds. The van der Waals surface area contributed by atoms with Gasteiger partial charge >= 0.3 is 5.97 Å². The smallest absolute Gasteiger partial charge is 0.337 e. The summed E-state index contributed by atoms with van der Waals surface area (Å²) in [7, 11) is 2.96. The van der Waals surface area contributed by atoms with Crippen LogP contribution in [-0.2, 0) is 4.74 Å². The number of fused-ring (bicyclic) bond motifs is 2. The molecule has 0 spiro atoms. The zero-order valence-corrected chi connectivity index (χ0v) is 11.9. The lowest BCUT2D eigenvalue weighted by molar-refractivity contribution is 0.0600. The molecule has 4 nitrogen and oxygen atoms in total. The van der Waals surface area contributed by atoms with Crippen molar-refractivity contribution in [3.63, 3.8) is 0 Å². The van der Waals surface area contributed by atoms with Crippen LogP contribution in [0.2, 0.25) is 0 Å². The third kappa shape index (κ3) is 2.35. The van der Waals surface area contributed by atoms with E-state index in [0.29, 0.717) is 23.3 Å². The van der Waals surface area contributed by atoms with E-state index in [1.165, 1.54) is 26.4 Å². The lowest BCUT2D eigenvalue weighted by Gasteiger charge is -2.24. The van der Waals surface area contributed by atoms with Crippen LogP contribution in [0.15, 0.2) is 18.2 Å². The second-order valence-electron chi connectivity index (χ2n) is 5.69. The molecule has 20 heavy (non-hydrogen) atoms. The van der Waals surface area contributed by atoms with Crippen molar-refractivity contribution in [1.29, 1.82) is 0 Å². The molecule has 3 atom stereocenters. The van der Waals surface area contributed by atoms with Gasteiger partial charge in [-0.25, -0.2) is 4.79 Å². The maximum absolute atomic E-state index is 11.5. The van der Waals surface area contributed by atoms with Gasteiger partial charge in [-0.05, 0) is 55.7 Å². The third-order valence-electron chi connectivity index (χ3n) is 4.54. The van der Waals surface area contributed by atoms with Gasteiger partial charge in [-0.1, -0.05) is 0 Å². The van der Waals surface area contributed by atoms with Crippen LogP contribution in [-0.4, -0.2) is 26.3 Å². The molecule has 1 aromatic rings. The molecule has 0 aliphatic heterocycles. The van der Waals surface area contributed by atoms with Gasteiger partial charge in [-0.2, -0.15) is 0 Å². The van der Waals surface area contributed by atoms with Crippen LogP contribution in [0.3, 0.4) is 0 Å². The zero-order valence-electron chi connectivity index (χ0n) is 11.9. The fourth-order valence-electron chi connectivity index (χ4n) is 3.50. The number of rotatable bonds is 4. The Morgan fingerprint density at radius 2 is 2.00 bits per heavy atom. The van der Waals surface area contributed by atoms with Gasteiger partial charge in [0, 0.05) is 0 Å². The van der Waals surface area contributed by atoms with E-state index in [2.05, 4.69) is 0 Å². The molecule has 0 aromatic heterocycles. The average molecular weight is 276 g/mol. The van der Waals surface area contributed by atoms with Crippen LogP contribution in [0.25, 0.3) is 0 Å². The van der Waals surface area contributed by atoms with Crippen molar-refractivity contribution in [2.24, 2.45) is 11.8 Å². The predicted molar refractivity (Wildman–Crippen MR) is 74.2 cm³/mol. The van der Waals surface area contributed by atoms with E-state index in [1.807, 2.05) is 0 Å². The Morgan fingerprint density at radius 3 is 2.60 bits per heavy atom. The van der Waals surface area contributed by atoms with Crippen LogP contribution >= 0.6 is 0 Å². The van der Waals surface area contributed by atoms with Gasteiger partial charge in [0.1, 0.15) is 6.10 Å². The second-order valence-corrected chi connectivity index (χ2v) is 5.69. The molecule has 0 radical (unpaired) electrons. The molecule has 0 saturated heterocycles. The van der Waals surface area contributed by atoms with Crippen molar-refractivity contribution in [2.75, 3.05) is 14.2 Å². The van der Waals surface area contributed by atoms with Crippen molar-refractivity contribution in [3.8, 4) is 11.5 Å². The van der Waals surface area contributed by atoms with Crippen molar-refractivity contribution in [3.05, 3.63) is 23.8 Å². The Hall–Kier alpha value is -1.71. The average Bonchev–Trinajstić information content (AvgIpc) is 3.09. The first-order valence-electron chi connectivity index (χ1n) is 7.14. The van der Waals surface area contributed by atoms with Crippen LogP contribution < -0.4 is 9.47 Å². The first-order chi connectivity index (χ1) is 9.71. The summed E-state index contributed by atoms with van der Waals surface area (Å²) in [6.45, 7) is 0. The highest BCUT2D eigenvalue weighted by atomic mass is 16.5. The fourth-order valence-corrected chi connectivity index (χ4v) is 3.50. The highest BCUT2D eigenvalue weighted by molar-refractivity contribution is 5.90. The lowest BCUT2D eigenvalue weighted by Crippen LogP contribution is -2.23. The van der Waals surface area contributed by atoms with Crippen LogP contribution in [0.4, 0.5) is 0 Å². The summed E-state index contributed by atoms with van der Waals surface area (Å²) < 4.78 is 16.2. The van der Waals surface area contributed by atoms with Crippen molar-refractivity contribution < 1.29 is 19.0 Å². The van der Waals surface area contributed by atoms with E-state index < -0.39 is 0 Å². The molecule has 2 bridgehead atoms. The molecule has 0 heterocycles. The van der Waals surface area contributed by atoms with Gasteiger partial charge in [-0.3, -0.25) is 0 Å². The van der Waals surface area contributed by atoms with Gasteiger partial charge in [0.25, 0.3) is 0 Å². The van der Waals surface area contributed by atoms with Crippen LogP contribution in [0, 0.1) is 11.8 Å². The van der Waals surface area contributed by atoms with E-state index in [9.17, 15) is 4.79 Å². The standard InChI is InChI=1S/C16H20O4/c1-18-15-9-12(16(17)19-2)5-6-13(15)20-14-8-10-3-4-11(14)7-10/h5-6,9-11,14H,3-4,7-8H2,1-2H3. The largest absolute Gasteiger partial charge is 0.493 e. The SMILES string of the molecule is COC(=O)c1ccc(OC2CC3CCC2C3)c(OC)c1. The Bertz CT molecular complexity index is 511. The van der Waals surface area contributed by atoms with E-state index in [0.717, 1.165) is 18.1 Å². The predicted octanol–water partition coefficient (Wildman–Crippen LogP) is 3.05. The molecule has 2 aliphatic rings. The van der Waals surface area contributed by atoms with Gasteiger partial charge in [-0.15, -0.1) is 0 Å². The molecule has 2 fully saturated rings. The Morgan fingerprint density at radius 1 is 1.15 bits per heavy atom. The summed E-state index contributed by atoms with van der Waals surface area (Å²) in [5, 5.41) is 0. The Labute approximate surface area is 119 Å². The summed E-state index contributed by atoms with van der Waals surface area (Å²) in [5.41, 5.74) is 0.477. The highest BCUT2D eigenvalue weighted by Crippen LogP contribution is 2.46. The number of methoxy groups -OCH3 is 2. The minimum absolute atomic E-state index is 0.298. The van der Waals surface area contributed by atoms with Gasteiger partial charge in [0.2, 0.25) is 0 Å². The number of hydrogen-bond acceptors (Lipinski definition) is 4. The molecule has 4 heteroatoms. The number of carbonyl (C=O) groups is 1. The molecule has 2 aliphatic carbocycles. The molecule has 3 rings (SSSR count). The number of esters is 1. The minimum atomic E-state index is -0.366.